The molecule has 0 unspecified atom stereocenters. The number of nitro groups is 1. The van der Waals surface area contributed by atoms with Crippen LogP contribution in [0.1, 0.15) is 11.1 Å². The monoisotopic (exact) mass is 423 g/mol. The van der Waals surface area contributed by atoms with Crippen LogP contribution >= 0.6 is 11.8 Å². The third kappa shape index (κ3) is 4.47. The summed E-state index contributed by atoms with van der Waals surface area (Å²) in [6.07, 6.45) is 2.58. The normalized spacial score (nSPS) is 15.3. The number of barbiturate groups is 1. The van der Waals surface area contributed by atoms with E-state index in [1.807, 2.05) is 31.2 Å². The molecule has 9 heteroatoms. The molecule has 1 heterocycles. The Bertz CT molecular complexity index is 1090. The van der Waals surface area contributed by atoms with Gasteiger partial charge in [-0.2, -0.15) is 0 Å². The molecule has 30 heavy (non-hydrogen) atoms. The number of hydrogen-bond acceptors (Lipinski definition) is 6. The highest BCUT2D eigenvalue weighted by Crippen LogP contribution is 2.36. The predicted octanol–water partition coefficient (Wildman–Crippen LogP) is 3.70. The number of urea groups is 1. The van der Waals surface area contributed by atoms with Crippen molar-refractivity contribution in [3.05, 3.63) is 81.9 Å². The molecule has 2 aromatic carbocycles. The lowest BCUT2D eigenvalue weighted by molar-refractivity contribution is -0.387. The highest BCUT2D eigenvalue weighted by molar-refractivity contribution is 7.99. The van der Waals surface area contributed by atoms with Gasteiger partial charge in [-0.05, 0) is 36.8 Å². The molecule has 1 aliphatic heterocycles. The van der Waals surface area contributed by atoms with E-state index in [1.165, 1.54) is 30.0 Å². The van der Waals surface area contributed by atoms with Gasteiger partial charge in [-0.25, -0.2) is 4.79 Å². The molecular formula is C21H17N3O5S. The third-order valence-electron chi connectivity index (χ3n) is 4.24. The van der Waals surface area contributed by atoms with Crippen molar-refractivity contribution in [2.24, 2.45) is 0 Å². The zero-order valence-corrected chi connectivity index (χ0v) is 16.8. The van der Waals surface area contributed by atoms with E-state index >= 15 is 0 Å². The van der Waals surface area contributed by atoms with E-state index in [2.05, 4.69) is 11.9 Å². The van der Waals surface area contributed by atoms with E-state index in [4.69, 9.17) is 0 Å². The van der Waals surface area contributed by atoms with E-state index in [0.29, 0.717) is 10.5 Å². The van der Waals surface area contributed by atoms with Gasteiger partial charge in [0.2, 0.25) is 0 Å². The summed E-state index contributed by atoms with van der Waals surface area (Å²) in [7, 11) is 0. The van der Waals surface area contributed by atoms with Crippen molar-refractivity contribution in [3.63, 3.8) is 0 Å². The number of nitro benzene ring substituents is 1. The topological polar surface area (TPSA) is 110 Å². The standard InChI is InChI=1S/C21H17N3O5S/c1-3-10-23-20(26)16(19(25)22-21(23)27)11-14-6-9-18(17(12-14)24(28)29)30-15-7-4-13(2)5-8-15/h3-9,11-12H,1,10H2,2H3,(H,22,25,27). The quantitative estimate of drug-likeness (QED) is 0.249. The fourth-order valence-corrected chi connectivity index (χ4v) is 3.64. The molecule has 0 aromatic heterocycles. The maximum Gasteiger partial charge on any atom is 0.331 e. The number of carbonyl (C=O) groups excluding carboxylic acids is 3. The van der Waals surface area contributed by atoms with Crippen LogP contribution in [0.2, 0.25) is 0 Å². The van der Waals surface area contributed by atoms with Gasteiger partial charge in [-0.3, -0.25) is 29.9 Å². The van der Waals surface area contributed by atoms with Crippen LogP contribution < -0.4 is 5.32 Å². The van der Waals surface area contributed by atoms with Crippen molar-refractivity contribution >= 4 is 41.4 Å². The molecule has 4 amide bonds. The van der Waals surface area contributed by atoms with E-state index in [0.717, 1.165) is 15.4 Å². The first-order valence-corrected chi connectivity index (χ1v) is 9.64. The summed E-state index contributed by atoms with van der Waals surface area (Å²) < 4.78 is 0. The maximum atomic E-state index is 12.5. The summed E-state index contributed by atoms with van der Waals surface area (Å²) in [5.41, 5.74) is 0.930. The number of nitrogens with zero attached hydrogens (tertiary/aromatic N) is 2. The van der Waals surface area contributed by atoms with E-state index in [1.54, 1.807) is 12.1 Å². The number of imide groups is 2. The molecule has 2 aromatic rings. The zero-order chi connectivity index (χ0) is 21.8. The second kappa shape index (κ2) is 8.75. The Hall–Kier alpha value is -3.72. The first kappa shape index (κ1) is 21.0. The van der Waals surface area contributed by atoms with Crippen LogP contribution in [0.25, 0.3) is 6.08 Å². The van der Waals surface area contributed by atoms with E-state index < -0.39 is 22.8 Å². The number of aryl methyl sites for hydroxylation is 1. The average molecular weight is 423 g/mol. The molecule has 3 rings (SSSR count). The van der Waals surface area contributed by atoms with Crippen LogP contribution in [0.4, 0.5) is 10.5 Å². The highest BCUT2D eigenvalue weighted by Gasteiger charge is 2.35. The summed E-state index contributed by atoms with van der Waals surface area (Å²) in [6.45, 7) is 5.36. The third-order valence-corrected chi connectivity index (χ3v) is 5.31. The number of amides is 4. The van der Waals surface area contributed by atoms with Crippen LogP contribution in [0.5, 0.6) is 0 Å². The van der Waals surface area contributed by atoms with Crippen molar-refractivity contribution in [1.82, 2.24) is 10.2 Å². The Labute approximate surface area is 176 Å². The van der Waals surface area contributed by atoms with Gasteiger partial charge in [0.05, 0.1) is 9.82 Å². The Morgan fingerprint density at radius 2 is 1.87 bits per heavy atom. The molecule has 1 fully saturated rings. The van der Waals surface area contributed by atoms with Gasteiger partial charge in [0.15, 0.2) is 0 Å². The Kier molecular flexibility index (Phi) is 6.12. The predicted molar refractivity (Wildman–Crippen MR) is 112 cm³/mol. The lowest BCUT2D eigenvalue weighted by atomic mass is 10.1. The summed E-state index contributed by atoms with van der Waals surface area (Å²) >= 11 is 1.24. The number of nitrogens with one attached hydrogen (secondary N) is 1. The van der Waals surface area contributed by atoms with Crippen LogP contribution in [-0.2, 0) is 9.59 Å². The SMILES string of the molecule is C=CCN1C(=O)NC(=O)C(=Cc2ccc(Sc3ccc(C)cc3)c([N+](=O)[O-])c2)C1=O. The zero-order valence-electron chi connectivity index (χ0n) is 16.0. The minimum Gasteiger partial charge on any atom is -0.273 e. The second-order valence-electron chi connectivity index (χ2n) is 6.42. The molecule has 152 valence electrons. The fourth-order valence-electron chi connectivity index (χ4n) is 2.74. The van der Waals surface area contributed by atoms with Gasteiger partial charge < -0.3 is 0 Å². The molecular weight excluding hydrogens is 406 g/mol. The average Bonchev–Trinajstić information content (AvgIpc) is 2.71. The minimum atomic E-state index is -0.855. The van der Waals surface area contributed by atoms with Gasteiger partial charge in [-0.1, -0.05) is 41.6 Å². The molecule has 1 saturated heterocycles. The number of rotatable bonds is 6. The Balaban J connectivity index is 1.95. The molecule has 0 radical (unpaired) electrons. The molecule has 0 saturated carbocycles. The van der Waals surface area contributed by atoms with Crippen molar-refractivity contribution in [2.45, 2.75) is 16.7 Å². The maximum absolute atomic E-state index is 12.5. The van der Waals surface area contributed by atoms with Gasteiger partial charge in [0.25, 0.3) is 17.5 Å². The highest BCUT2D eigenvalue weighted by atomic mass is 32.2. The molecule has 1 N–H and O–H groups in total. The Morgan fingerprint density at radius 1 is 1.17 bits per heavy atom. The number of carbonyl (C=O) groups is 3. The molecule has 0 atom stereocenters. The van der Waals surface area contributed by atoms with Gasteiger partial charge in [0, 0.05) is 17.5 Å². The number of benzene rings is 2. The summed E-state index contributed by atoms with van der Waals surface area (Å²) in [5.74, 6) is -1.64. The van der Waals surface area contributed by atoms with Crippen LogP contribution in [0.15, 0.2) is 70.5 Å². The van der Waals surface area contributed by atoms with Crippen molar-refractivity contribution in [3.8, 4) is 0 Å². The first-order valence-electron chi connectivity index (χ1n) is 8.83. The molecule has 0 spiro atoms. The fraction of sp³-hybridized carbons (Fsp3) is 0.0952. The summed E-state index contributed by atoms with van der Waals surface area (Å²) in [5, 5.41) is 13.7. The lowest BCUT2D eigenvalue weighted by Crippen LogP contribution is -2.54. The molecule has 1 aliphatic rings. The van der Waals surface area contributed by atoms with Crippen LogP contribution in [0, 0.1) is 17.0 Å². The van der Waals surface area contributed by atoms with Gasteiger partial charge >= 0.3 is 6.03 Å². The lowest BCUT2D eigenvalue weighted by Gasteiger charge is -2.25. The Morgan fingerprint density at radius 3 is 2.50 bits per heavy atom. The second-order valence-corrected chi connectivity index (χ2v) is 7.54. The van der Waals surface area contributed by atoms with Crippen LogP contribution in [0.3, 0.4) is 0 Å². The largest absolute Gasteiger partial charge is 0.331 e. The summed E-state index contributed by atoms with van der Waals surface area (Å²) in [6, 6.07) is 11.2. The van der Waals surface area contributed by atoms with Crippen molar-refractivity contribution in [2.75, 3.05) is 6.54 Å². The summed E-state index contributed by atoms with van der Waals surface area (Å²) in [4.78, 5) is 49.5. The first-order chi connectivity index (χ1) is 14.3. The van der Waals surface area contributed by atoms with Crippen molar-refractivity contribution < 1.29 is 19.3 Å². The van der Waals surface area contributed by atoms with E-state index in [9.17, 15) is 24.5 Å². The van der Waals surface area contributed by atoms with E-state index in [-0.39, 0.29) is 17.8 Å². The van der Waals surface area contributed by atoms with Crippen molar-refractivity contribution in [1.29, 1.82) is 0 Å². The molecule has 8 nitrogen and oxygen atoms in total. The molecule has 0 bridgehead atoms. The minimum absolute atomic E-state index is 0.0679. The smallest absolute Gasteiger partial charge is 0.273 e. The number of hydrogen-bond donors (Lipinski definition) is 1. The molecule has 0 aliphatic carbocycles. The van der Waals surface area contributed by atoms with Gasteiger partial charge in [-0.15, -0.1) is 6.58 Å². The van der Waals surface area contributed by atoms with Gasteiger partial charge in [0.1, 0.15) is 5.57 Å². The van der Waals surface area contributed by atoms with Crippen LogP contribution in [-0.4, -0.2) is 34.2 Å².